The van der Waals surface area contributed by atoms with Crippen LogP contribution in [0.1, 0.15) is 29.5 Å². The Morgan fingerprint density at radius 1 is 1.08 bits per heavy atom. The zero-order valence-corrected chi connectivity index (χ0v) is 17.2. The highest BCUT2D eigenvalue weighted by molar-refractivity contribution is 9.11. The molecule has 0 radical (unpaired) electrons. The van der Waals surface area contributed by atoms with E-state index in [1.54, 1.807) is 14.2 Å². The molecule has 5 heteroatoms. The molecule has 1 N–H and O–H groups in total. The van der Waals surface area contributed by atoms with Gasteiger partial charge < -0.3 is 14.8 Å². The number of hydrogen-bond donors (Lipinski definition) is 1. The van der Waals surface area contributed by atoms with Crippen molar-refractivity contribution in [1.29, 1.82) is 0 Å². The van der Waals surface area contributed by atoms with Gasteiger partial charge >= 0.3 is 0 Å². The summed E-state index contributed by atoms with van der Waals surface area (Å²) in [7, 11) is 3.33. The lowest BCUT2D eigenvalue weighted by molar-refractivity contribution is 0.351. The molecule has 0 aromatic heterocycles. The molecule has 4 rings (SSSR count). The van der Waals surface area contributed by atoms with Crippen molar-refractivity contribution in [3.05, 3.63) is 62.6 Å². The number of ether oxygens (including phenoxy) is 2. The van der Waals surface area contributed by atoms with E-state index in [9.17, 15) is 0 Å². The number of hydrogen-bond acceptors (Lipinski definition) is 3. The van der Waals surface area contributed by atoms with Crippen molar-refractivity contribution in [2.45, 2.75) is 18.4 Å². The lowest BCUT2D eigenvalue weighted by Crippen LogP contribution is -2.29. The second kappa shape index (κ2) is 6.69. The molecule has 2 aromatic rings. The number of halogens is 2. The number of allylic oxidation sites excluding steroid dienone is 2. The molecule has 0 amide bonds. The highest BCUT2D eigenvalue weighted by Gasteiger charge is 2.38. The second-order valence-corrected chi connectivity index (χ2v) is 8.13. The molecule has 0 spiro atoms. The van der Waals surface area contributed by atoms with E-state index in [4.69, 9.17) is 9.47 Å². The first kappa shape index (κ1) is 17.0. The Hall–Kier alpha value is -1.46. The summed E-state index contributed by atoms with van der Waals surface area (Å²) < 4.78 is 13.0. The first-order valence-corrected chi connectivity index (χ1v) is 9.85. The molecule has 0 saturated heterocycles. The molecule has 1 aliphatic carbocycles. The van der Waals surface area contributed by atoms with Gasteiger partial charge in [-0.1, -0.05) is 24.3 Å². The topological polar surface area (TPSA) is 30.5 Å². The minimum atomic E-state index is 0.210. The minimum Gasteiger partial charge on any atom is -0.493 e. The van der Waals surface area contributed by atoms with Gasteiger partial charge in [-0.25, -0.2) is 0 Å². The Morgan fingerprint density at radius 3 is 2.68 bits per heavy atom. The Labute approximate surface area is 164 Å². The van der Waals surface area contributed by atoms with Gasteiger partial charge in [0, 0.05) is 10.4 Å². The van der Waals surface area contributed by atoms with Gasteiger partial charge in [0.25, 0.3) is 0 Å². The summed E-state index contributed by atoms with van der Waals surface area (Å²) in [5, 5.41) is 3.76. The van der Waals surface area contributed by atoms with Crippen LogP contribution in [0.25, 0.3) is 0 Å². The number of anilines is 1. The molecule has 1 heterocycles. The zero-order valence-electron chi connectivity index (χ0n) is 14.1. The minimum absolute atomic E-state index is 0.210. The molecule has 2 aliphatic rings. The lowest BCUT2D eigenvalue weighted by Gasteiger charge is -2.38. The van der Waals surface area contributed by atoms with Crippen LogP contribution in [0.5, 0.6) is 11.5 Å². The van der Waals surface area contributed by atoms with Gasteiger partial charge in [0.15, 0.2) is 11.5 Å². The predicted octanol–water partition coefficient (Wildman–Crippen LogP) is 6.06. The number of benzene rings is 2. The molecule has 3 nitrogen and oxygen atoms in total. The van der Waals surface area contributed by atoms with Crippen LogP contribution >= 0.6 is 31.9 Å². The van der Waals surface area contributed by atoms with E-state index >= 15 is 0 Å². The molecule has 0 saturated carbocycles. The average molecular weight is 465 g/mol. The van der Waals surface area contributed by atoms with Crippen molar-refractivity contribution in [3.63, 3.8) is 0 Å². The monoisotopic (exact) mass is 463 g/mol. The van der Waals surface area contributed by atoms with Crippen LogP contribution in [0.15, 0.2) is 51.4 Å². The number of para-hydroxylation sites is 1. The summed E-state index contributed by atoms with van der Waals surface area (Å²) in [5.41, 5.74) is 3.75. The van der Waals surface area contributed by atoms with Crippen LogP contribution in [-0.4, -0.2) is 14.2 Å². The quantitative estimate of drug-likeness (QED) is 0.560. The maximum Gasteiger partial charge on any atom is 0.174 e. The normalized spacial score (nSPS) is 23.6. The predicted molar refractivity (Wildman–Crippen MR) is 108 cm³/mol. The Kier molecular flexibility index (Phi) is 4.54. The summed E-state index contributed by atoms with van der Waals surface area (Å²) >= 11 is 7.33. The first-order valence-electron chi connectivity index (χ1n) is 8.27. The third-order valence-electron chi connectivity index (χ3n) is 5.16. The lowest BCUT2D eigenvalue weighted by atomic mass is 9.77. The van der Waals surface area contributed by atoms with Crippen LogP contribution in [0.3, 0.4) is 0 Å². The fourth-order valence-corrected chi connectivity index (χ4v) is 5.15. The third kappa shape index (κ3) is 2.77. The van der Waals surface area contributed by atoms with Gasteiger partial charge in [-0.3, -0.25) is 0 Å². The van der Waals surface area contributed by atoms with E-state index in [2.05, 4.69) is 79.7 Å². The van der Waals surface area contributed by atoms with Gasteiger partial charge in [-0.2, -0.15) is 0 Å². The van der Waals surface area contributed by atoms with E-state index in [1.807, 2.05) is 0 Å². The number of rotatable bonds is 3. The molecule has 0 fully saturated rings. The number of methoxy groups -OCH3 is 2. The second-order valence-electron chi connectivity index (χ2n) is 6.42. The number of fused-ring (bicyclic) bond motifs is 3. The molecular formula is C20H19Br2NO2. The molecular weight excluding hydrogens is 446 g/mol. The zero-order chi connectivity index (χ0) is 17.6. The Balaban J connectivity index is 1.82. The summed E-state index contributed by atoms with van der Waals surface area (Å²) in [6.45, 7) is 0. The van der Waals surface area contributed by atoms with E-state index in [0.29, 0.717) is 11.8 Å². The molecule has 130 valence electrons. The highest BCUT2D eigenvalue weighted by Crippen LogP contribution is 2.52. The van der Waals surface area contributed by atoms with Crippen molar-refractivity contribution in [2.75, 3.05) is 19.5 Å². The fourth-order valence-electron chi connectivity index (χ4n) is 4.03. The van der Waals surface area contributed by atoms with Crippen molar-refractivity contribution < 1.29 is 9.47 Å². The van der Waals surface area contributed by atoms with E-state index in [1.165, 1.54) is 16.8 Å². The van der Waals surface area contributed by atoms with Crippen molar-refractivity contribution in [1.82, 2.24) is 0 Å². The van der Waals surface area contributed by atoms with Crippen molar-refractivity contribution >= 4 is 37.5 Å². The summed E-state index contributed by atoms with van der Waals surface area (Å²) in [6.07, 6.45) is 5.72. The van der Waals surface area contributed by atoms with Crippen LogP contribution < -0.4 is 14.8 Å². The van der Waals surface area contributed by atoms with Gasteiger partial charge in [-0.15, -0.1) is 0 Å². The highest BCUT2D eigenvalue weighted by atomic mass is 79.9. The summed E-state index contributed by atoms with van der Waals surface area (Å²) in [4.78, 5) is 0. The summed E-state index contributed by atoms with van der Waals surface area (Å²) in [5.74, 6) is 2.40. The van der Waals surface area contributed by atoms with Gasteiger partial charge in [0.1, 0.15) is 0 Å². The first-order chi connectivity index (χ1) is 12.1. The Bertz CT molecular complexity index is 850. The average Bonchev–Trinajstić information content (AvgIpc) is 3.10. The van der Waals surface area contributed by atoms with Gasteiger partial charge in [0.05, 0.1) is 30.4 Å². The molecule has 2 aromatic carbocycles. The maximum absolute atomic E-state index is 5.55. The smallest absolute Gasteiger partial charge is 0.174 e. The van der Waals surface area contributed by atoms with Crippen LogP contribution in [0, 0.1) is 5.92 Å². The molecule has 1 aliphatic heterocycles. The Morgan fingerprint density at radius 2 is 1.92 bits per heavy atom. The molecule has 25 heavy (non-hydrogen) atoms. The van der Waals surface area contributed by atoms with Crippen molar-refractivity contribution in [3.8, 4) is 11.5 Å². The van der Waals surface area contributed by atoms with Crippen LogP contribution in [0.2, 0.25) is 0 Å². The number of nitrogens with one attached hydrogen (secondary N) is 1. The van der Waals surface area contributed by atoms with Crippen LogP contribution in [-0.2, 0) is 0 Å². The largest absolute Gasteiger partial charge is 0.493 e. The standard InChI is InChI=1S/C20H19Br2NO2/c1-24-17-10-11(9-16(22)20(17)25-2)18-13-6-3-5-12(13)14-7-4-8-15(21)19(14)23-18/h3-5,7-10,12-13,18,23H,6H2,1-2H3/t12-,13+,18+/m1/s1. The molecule has 0 unspecified atom stereocenters. The van der Waals surface area contributed by atoms with E-state index < -0.39 is 0 Å². The third-order valence-corrected chi connectivity index (χ3v) is 6.41. The van der Waals surface area contributed by atoms with Gasteiger partial charge in [-0.05, 0) is 73.5 Å². The van der Waals surface area contributed by atoms with E-state index in [0.717, 1.165) is 26.9 Å². The van der Waals surface area contributed by atoms with Crippen LogP contribution in [0.4, 0.5) is 5.69 Å². The maximum atomic E-state index is 5.55. The van der Waals surface area contributed by atoms with Gasteiger partial charge in [0.2, 0.25) is 0 Å². The summed E-state index contributed by atoms with van der Waals surface area (Å²) in [6, 6.07) is 10.9. The molecule has 3 atom stereocenters. The van der Waals surface area contributed by atoms with Crippen molar-refractivity contribution in [2.24, 2.45) is 5.92 Å². The fraction of sp³-hybridized carbons (Fsp3) is 0.300. The molecule has 0 bridgehead atoms. The van der Waals surface area contributed by atoms with E-state index in [-0.39, 0.29) is 6.04 Å². The SMILES string of the molecule is COc1cc([C@@H]2Nc3c(Br)cccc3[C@@H]3C=CC[C@@H]32)cc(Br)c1OC.